The number of ether oxygens (including phenoxy) is 2. The third-order valence-corrected chi connectivity index (χ3v) is 5.02. The molecule has 1 saturated heterocycles. The molecule has 0 radical (unpaired) electrons. The Morgan fingerprint density at radius 1 is 1.36 bits per heavy atom. The Kier molecular flexibility index (Phi) is 5.13. The molecule has 2 amide bonds. The van der Waals surface area contributed by atoms with Crippen molar-refractivity contribution in [1.82, 2.24) is 9.80 Å². The molecule has 1 aromatic rings. The largest absolute Gasteiger partial charge is 0.454 e. The van der Waals surface area contributed by atoms with Gasteiger partial charge in [-0.05, 0) is 44.5 Å². The zero-order valence-electron chi connectivity index (χ0n) is 14.7. The average molecular weight is 347 g/mol. The van der Waals surface area contributed by atoms with E-state index in [4.69, 9.17) is 15.2 Å². The summed E-state index contributed by atoms with van der Waals surface area (Å²) in [5, 5.41) is 0. The van der Waals surface area contributed by atoms with Crippen molar-refractivity contribution in [2.75, 3.05) is 26.9 Å². The summed E-state index contributed by atoms with van der Waals surface area (Å²) in [6.07, 6.45) is 1.58. The van der Waals surface area contributed by atoms with Crippen LogP contribution in [0.1, 0.15) is 25.3 Å². The number of likely N-dealkylation sites (tertiary alicyclic amines) is 1. The maximum atomic E-state index is 12.8. The zero-order chi connectivity index (χ0) is 18.0. The number of nitrogens with zero attached hydrogens (tertiary/aromatic N) is 2. The number of piperidine rings is 1. The minimum atomic E-state index is -0.320. The second-order valence-electron chi connectivity index (χ2n) is 6.80. The van der Waals surface area contributed by atoms with Gasteiger partial charge in [-0.15, -0.1) is 0 Å². The molecule has 0 aromatic heterocycles. The van der Waals surface area contributed by atoms with Gasteiger partial charge >= 0.3 is 0 Å². The third-order valence-electron chi connectivity index (χ3n) is 5.02. The van der Waals surface area contributed by atoms with Crippen LogP contribution in [0.2, 0.25) is 0 Å². The maximum Gasteiger partial charge on any atom is 0.239 e. The molecule has 3 rings (SSSR count). The molecule has 2 heterocycles. The fourth-order valence-corrected chi connectivity index (χ4v) is 3.33. The molecule has 0 aliphatic carbocycles. The van der Waals surface area contributed by atoms with Gasteiger partial charge in [-0.3, -0.25) is 14.5 Å². The molecule has 7 heteroatoms. The number of carbonyl (C=O) groups is 2. The number of carbonyl (C=O) groups excluding carboxylic acids is 2. The van der Waals surface area contributed by atoms with Gasteiger partial charge < -0.3 is 20.1 Å². The van der Waals surface area contributed by atoms with E-state index in [1.807, 2.05) is 37.1 Å². The van der Waals surface area contributed by atoms with Crippen LogP contribution in [0.25, 0.3) is 0 Å². The van der Waals surface area contributed by atoms with Crippen LogP contribution >= 0.6 is 0 Å². The Labute approximate surface area is 147 Å². The summed E-state index contributed by atoms with van der Waals surface area (Å²) in [4.78, 5) is 27.9. The van der Waals surface area contributed by atoms with E-state index in [2.05, 4.69) is 0 Å². The summed E-state index contributed by atoms with van der Waals surface area (Å²) < 4.78 is 10.7. The Balaban J connectivity index is 1.60. The van der Waals surface area contributed by atoms with Crippen molar-refractivity contribution in [3.63, 3.8) is 0 Å². The van der Waals surface area contributed by atoms with E-state index in [1.54, 1.807) is 4.90 Å². The fourth-order valence-electron chi connectivity index (χ4n) is 3.33. The summed E-state index contributed by atoms with van der Waals surface area (Å²) in [6.45, 7) is 3.88. The van der Waals surface area contributed by atoms with Crippen LogP contribution in [0.4, 0.5) is 0 Å². The van der Waals surface area contributed by atoms with Crippen LogP contribution < -0.4 is 15.2 Å². The lowest BCUT2D eigenvalue weighted by Crippen LogP contribution is -2.50. The Bertz CT molecular complexity index is 664. The lowest BCUT2D eigenvalue weighted by molar-refractivity contribution is -0.139. The first kappa shape index (κ1) is 17.5. The summed E-state index contributed by atoms with van der Waals surface area (Å²) in [5.41, 5.74) is 6.46. The SMILES string of the molecule is C[C@@H](C(=O)N1CCC[C@H](C(N)=O)C1)N(C)Cc1ccc2c(c1)OCO2. The molecule has 7 nitrogen and oxygen atoms in total. The first-order valence-electron chi connectivity index (χ1n) is 8.62. The lowest BCUT2D eigenvalue weighted by atomic mass is 9.97. The van der Waals surface area contributed by atoms with Crippen molar-refractivity contribution in [2.45, 2.75) is 32.4 Å². The number of hydrogen-bond acceptors (Lipinski definition) is 5. The normalized spacial score (nSPS) is 20.6. The monoisotopic (exact) mass is 347 g/mol. The Hall–Kier alpha value is -2.28. The lowest BCUT2D eigenvalue weighted by Gasteiger charge is -2.35. The molecule has 2 aliphatic rings. The van der Waals surface area contributed by atoms with Crippen LogP contribution in [0.5, 0.6) is 11.5 Å². The molecule has 0 bridgehead atoms. The summed E-state index contributed by atoms with van der Waals surface area (Å²) in [6, 6.07) is 5.53. The van der Waals surface area contributed by atoms with Crippen molar-refractivity contribution in [2.24, 2.45) is 11.7 Å². The summed E-state index contributed by atoms with van der Waals surface area (Å²) in [7, 11) is 1.92. The second kappa shape index (κ2) is 7.31. The van der Waals surface area contributed by atoms with Gasteiger partial charge in [0.1, 0.15) is 0 Å². The molecule has 0 spiro atoms. The number of rotatable bonds is 5. The van der Waals surface area contributed by atoms with E-state index in [-0.39, 0.29) is 30.6 Å². The number of primary amides is 1. The molecular formula is C18H25N3O4. The molecule has 2 aliphatic heterocycles. The van der Waals surface area contributed by atoms with Crippen molar-refractivity contribution in [3.05, 3.63) is 23.8 Å². The second-order valence-corrected chi connectivity index (χ2v) is 6.80. The van der Waals surface area contributed by atoms with Gasteiger partial charge in [0.25, 0.3) is 0 Å². The van der Waals surface area contributed by atoms with Gasteiger partial charge in [0.15, 0.2) is 11.5 Å². The molecule has 2 atom stereocenters. The number of benzene rings is 1. The average Bonchev–Trinajstić information content (AvgIpc) is 3.08. The van der Waals surface area contributed by atoms with Gasteiger partial charge in [0.05, 0.1) is 12.0 Å². The van der Waals surface area contributed by atoms with Gasteiger partial charge in [0, 0.05) is 19.6 Å². The van der Waals surface area contributed by atoms with Crippen LogP contribution in [-0.2, 0) is 16.1 Å². The van der Waals surface area contributed by atoms with Crippen LogP contribution in [-0.4, -0.2) is 54.6 Å². The van der Waals surface area contributed by atoms with Crippen LogP contribution in [0, 0.1) is 5.92 Å². The van der Waals surface area contributed by atoms with E-state index < -0.39 is 0 Å². The van der Waals surface area contributed by atoms with Crippen molar-refractivity contribution < 1.29 is 19.1 Å². The maximum absolute atomic E-state index is 12.8. The van der Waals surface area contributed by atoms with Gasteiger partial charge in [0.2, 0.25) is 18.6 Å². The number of hydrogen-bond donors (Lipinski definition) is 1. The molecular weight excluding hydrogens is 322 g/mol. The number of likely N-dealkylation sites (N-methyl/N-ethyl adjacent to an activating group) is 1. The van der Waals surface area contributed by atoms with Gasteiger partial charge in [-0.2, -0.15) is 0 Å². The highest BCUT2D eigenvalue weighted by molar-refractivity contribution is 5.83. The minimum Gasteiger partial charge on any atom is -0.454 e. The number of nitrogens with two attached hydrogens (primary N) is 1. The van der Waals surface area contributed by atoms with Crippen molar-refractivity contribution in [3.8, 4) is 11.5 Å². The molecule has 1 aromatic carbocycles. The fraction of sp³-hybridized carbons (Fsp3) is 0.556. The van der Waals surface area contributed by atoms with E-state index in [0.717, 1.165) is 29.9 Å². The molecule has 0 saturated carbocycles. The highest BCUT2D eigenvalue weighted by Crippen LogP contribution is 2.32. The van der Waals surface area contributed by atoms with Gasteiger partial charge in [-0.25, -0.2) is 0 Å². The number of fused-ring (bicyclic) bond motifs is 1. The predicted octanol–water partition coefficient (Wildman–Crippen LogP) is 0.960. The zero-order valence-corrected chi connectivity index (χ0v) is 14.7. The quantitative estimate of drug-likeness (QED) is 0.857. The van der Waals surface area contributed by atoms with Crippen molar-refractivity contribution in [1.29, 1.82) is 0 Å². The predicted molar refractivity (Wildman–Crippen MR) is 92.0 cm³/mol. The van der Waals surface area contributed by atoms with E-state index in [0.29, 0.717) is 19.6 Å². The smallest absolute Gasteiger partial charge is 0.239 e. The molecule has 25 heavy (non-hydrogen) atoms. The number of amides is 2. The highest BCUT2D eigenvalue weighted by Gasteiger charge is 2.30. The Morgan fingerprint density at radius 3 is 2.88 bits per heavy atom. The minimum absolute atomic E-state index is 0.0363. The molecule has 1 fully saturated rings. The van der Waals surface area contributed by atoms with Crippen molar-refractivity contribution >= 4 is 11.8 Å². The molecule has 2 N–H and O–H groups in total. The first-order valence-corrected chi connectivity index (χ1v) is 8.62. The van der Waals surface area contributed by atoms with Crippen LogP contribution in [0.15, 0.2) is 18.2 Å². The van der Waals surface area contributed by atoms with E-state index in [1.165, 1.54) is 0 Å². The molecule has 136 valence electrons. The van der Waals surface area contributed by atoms with E-state index >= 15 is 0 Å². The summed E-state index contributed by atoms with van der Waals surface area (Å²) in [5.74, 6) is 0.976. The Morgan fingerprint density at radius 2 is 2.12 bits per heavy atom. The summed E-state index contributed by atoms with van der Waals surface area (Å²) >= 11 is 0. The standard InChI is InChI=1S/C18H25N3O4/c1-12(18(23)21-7-3-4-14(10-21)17(19)22)20(2)9-13-5-6-15-16(8-13)25-11-24-15/h5-6,8,12,14H,3-4,7,9-11H2,1-2H3,(H2,19,22)/t12-,14-/m0/s1. The first-order chi connectivity index (χ1) is 12.0. The molecule has 0 unspecified atom stereocenters. The highest BCUT2D eigenvalue weighted by atomic mass is 16.7. The third kappa shape index (κ3) is 3.87. The topological polar surface area (TPSA) is 85.1 Å². The van der Waals surface area contributed by atoms with Gasteiger partial charge in [-0.1, -0.05) is 6.07 Å². The van der Waals surface area contributed by atoms with E-state index in [9.17, 15) is 9.59 Å². The van der Waals surface area contributed by atoms with Crippen LogP contribution in [0.3, 0.4) is 0 Å².